The first-order chi connectivity index (χ1) is 15.3. The van der Waals surface area contributed by atoms with Crippen molar-refractivity contribution in [1.82, 2.24) is 20.3 Å². The molecule has 32 heavy (non-hydrogen) atoms. The maximum atomic E-state index is 11.2. The monoisotopic (exact) mass is 449 g/mol. The zero-order valence-electron chi connectivity index (χ0n) is 16.9. The van der Waals surface area contributed by atoms with E-state index in [0.717, 1.165) is 0 Å². The van der Waals surface area contributed by atoms with Crippen molar-refractivity contribution in [2.45, 2.75) is 18.7 Å². The van der Waals surface area contributed by atoms with Crippen LogP contribution in [0.2, 0.25) is 0 Å². The maximum absolute atomic E-state index is 11.2. The Bertz CT molecular complexity index is 1210. The highest BCUT2D eigenvalue weighted by Crippen LogP contribution is 2.31. The molecule has 1 unspecified atom stereocenters. The second-order valence-corrected chi connectivity index (χ2v) is 7.19. The third-order valence-electron chi connectivity index (χ3n) is 4.32. The summed E-state index contributed by atoms with van der Waals surface area (Å²) in [5.74, 6) is 0.0398. The molecule has 0 saturated carbocycles. The number of nitrogens with two attached hydrogens (primary N) is 1. The molecule has 0 fully saturated rings. The number of nitriles is 1. The van der Waals surface area contributed by atoms with Crippen LogP contribution >= 0.6 is 12.6 Å². The number of benzene rings is 1. The number of nitrogen functional groups attached to an aromatic ring is 1. The van der Waals surface area contributed by atoms with Crippen molar-refractivity contribution in [3.63, 3.8) is 0 Å². The average Bonchev–Trinajstić information content (AvgIpc) is 2.77. The molecule has 0 spiro atoms. The number of hydrogen-bond acceptors (Lipinski definition) is 8. The van der Waals surface area contributed by atoms with E-state index in [1.54, 1.807) is 42.5 Å². The minimum atomic E-state index is -1.16. The summed E-state index contributed by atoms with van der Waals surface area (Å²) >= 11 is 4.58. The molecule has 3 aromatic rings. The Labute approximate surface area is 188 Å². The molecular weight excluding hydrogens is 430 g/mol. The highest BCUT2D eigenvalue weighted by Gasteiger charge is 2.20. The van der Waals surface area contributed by atoms with Gasteiger partial charge in [-0.1, -0.05) is 18.2 Å². The quantitative estimate of drug-likeness (QED) is 0.358. The van der Waals surface area contributed by atoms with Gasteiger partial charge >= 0.3 is 6.09 Å². The van der Waals surface area contributed by atoms with E-state index in [-0.39, 0.29) is 29.7 Å². The molecule has 0 saturated heterocycles. The van der Waals surface area contributed by atoms with Gasteiger partial charge < -0.3 is 21.5 Å². The predicted molar refractivity (Wildman–Crippen MR) is 121 cm³/mol. The molecule has 0 aliphatic heterocycles. The number of anilines is 2. The highest BCUT2D eigenvalue weighted by molar-refractivity contribution is 7.80. The van der Waals surface area contributed by atoms with Crippen LogP contribution in [0.15, 0.2) is 42.5 Å². The summed E-state index contributed by atoms with van der Waals surface area (Å²) in [5.41, 5.74) is 8.68. The Morgan fingerprint density at radius 1 is 1.19 bits per heavy atom. The lowest BCUT2D eigenvalue weighted by molar-refractivity contribution is -0.114. The van der Waals surface area contributed by atoms with Crippen LogP contribution in [0.3, 0.4) is 0 Å². The molecule has 2 amide bonds. The van der Waals surface area contributed by atoms with Gasteiger partial charge in [0.1, 0.15) is 28.5 Å². The number of hydrogen-bond donors (Lipinski definition) is 5. The Balaban J connectivity index is 1.98. The van der Waals surface area contributed by atoms with E-state index < -0.39 is 11.3 Å². The fraction of sp³-hybridized carbons (Fsp3) is 0.143. The number of nitrogens with one attached hydrogen (secondary N) is 2. The van der Waals surface area contributed by atoms with E-state index in [9.17, 15) is 14.9 Å². The molecule has 1 atom stereocenters. The minimum Gasteiger partial charge on any atom is -0.465 e. The lowest BCUT2D eigenvalue weighted by atomic mass is 10.1. The Morgan fingerprint density at radius 3 is 2.53 bits per heavy atom. The summed E-state index contributed by atoms with van der Waals surface area (Å²) in [7, 11) is 0. The lowest BCUT2D eigenvalue weighted by Gasteiger charge is -2.14. The highest BCUT2D eigenvalue weighted by atomic mass is 32.1. The molecule has 10 nitrogen and oxygen atoms in total. The van der Waals surface area contributed by atoms with Gasteiger partial charge in [0.05, 0.1) is 23.6 Å². The van der Waals surface area contributed by atoms with Crippen LogP contribution in [-0.2, 0) is 11.3 Å². The van der Waals surface area contributed by atoms with Gasteiger partial charge in [-0.25, -0.2) is 14.8 Å². The fourth-order valence-corrected chi connectivity index (χ4v) is 3.16. The number of pyridine rings is 1. The summed E-state index contributed by atoms with van der Waals surface area (Å²) in [6.45, 7) is 1.44. The van der Waals surface area contributed by atoms with E-state index in [1.807, 2.05) is 6.07 Å². The first kappa shape index (κ1) is 22.5. The summed E-state index contributed by atoms with van der Waals surface area (Å²) in [6.07, 6.45) is -1.16. The molecule has 2 aromatic heterocycles. The van der Waals surface area contributed by atoms with E-state index in [1.165, 1.54) is 6.92 Å². The van der Waals surface area contributed by atoms with Crippen LogP contribution in [-0.4, -0.2) is 32.1 Å². The summed E-state index contributed by atoms with van der Waals surface area (Å²) in [5, 5.41) is 22.6. The number of nitrogens with zero attached hydrogens (tertiary/aromatic N) is 4. The summed E-state index contributed by atoms with van der Waals surface area (Å²) < 4.78 is 0. The third-order valence-corrected chi connectivity index (χ3v) is 4.81. The second-order valence-electron chi connectivity index (χ2n) is 6.68. The van der Waals surface area contributed by atoms with Crippen LogP contribution in [0.25, 0.3) is 11.3 Å². The van der Waals surface area contributed by atoms with Crippen molar-refractivity contribution in [1.29, 1.82) is 5.26 Å². The molecule has 0 aliphatic carbocycles. The predicted octanol–water partition coefficient (Wildman–Crippen LogP) is 2.74. The smallest absolute Gasteiger partial charge is 0.404 e. The second kappa shape index (κ2) is 9.76. The maximum Gasteiger partial charge on any atom is 0.404 e. The van der Waals surface area contributed by atoms with Gasteiger partial charge in [-0.15, -0.1) is 0 Å². The van der Waals surface area contributed by atoms with Gasteiger partial charge in [-0.05, 0) is 24.3 Å². The van der Waals surface area contributed by atoms with Gasteiger partial charge in [0.15, 0.2) is 0 Å². The summed E-state index contributed by atoms with van der Waals surface area (Å²) in [4.78, 5) is 35.1. The minimum absolute atomic E-state index is 0.00110. The van der Waals surface area contributed by atoms with Gasteiger partial charge in [0.25, 0.3) is 0 Å². The van der Waals surface area contributed by atoms with Crippen LogP contribution in [0, 0.1) is 11.3 Å². The number of carboxylic acid groups (broad SMARTS) is 1. The molecule has 3 rings (SSSR count). The molecule has 11 heteroatoms. The molecule has 1 aromatic carbocycles. The summed E-state index contributed by atoms with van der Waals surface area (Å²) in [6, 6.07) is 13.9. The largest absolute Gasteiger partial charge is 0.465 e. The number of thiol groups is 1. The first-order valence-electron chi connectivity index (χ1n) is 9.34. The van der Waals surface area contributed by atoms with Crippen molar-refractivity contribution >= 4 is 36.1 Å². The van der Waals surface area contributed by atoms with Crippen LogP contribution in [0.5, 0.6) is 0 Å². The van der Waals surface area contributed by atoms with E-state index in [4.69, 9.17) is 10.8 Å². The molecular formula is C21H19N7O3S. The molecule has 0 radical (unpaired) electrons. The number of aromatic nitrogens is 3. The standard InChI is InChI=1S/C21H19N7O3S/c1-11(29)25-13-7-5-12(6-8-13)17-15(9-22)19(23)28-20(27-17)18(32)16-4-2-3-14(26-16)10-24-21(30)31/h2-8,18,24,32H,10H2,1H3,(H,25,29)(H,30,31)(H2,23,27,28). The molecule has 0 bridgehead atoms. The third kappa shape index (κ3) is 5.30. The van der Waals surface area contributed by atoms with E-state index in [2.05, 4.69) is 38.2 Å². The van der Waals surface area contributed by atoms with Crippen molar-refractivity contribution in [3.8, 4) is 17.3 Å². The average molecular weight is 449 g/mol. The van der Waals surface area contributed by atoms with Crippen molar-refractivity contribution in [3.05, 3.63) is 65.2 Å². The van der Waals surface area contributed by atoms with Crippen molar-refractivity contribution in [2.75, 3.05) is 11.1 Å². The van der Waals surface area contributed by atoms with E-state index in [0.29, 0.717) is 28.3 Å². The van der Waals surface area contributed by atoms with Gasteiger partial charge in [0, 0.05) is 18.2 Å². The van der Waals surface area contributed by atoms with Crippen molar-refractivity contribution < 1.29 is 14.7 Å². The van der Waals surface area contributed by atoms with Crippen molar-refractivity contribution in [2.24, 2.45) is 0 Å². The number of amides is 2. The van der Waals surface area contributed by atoms with Crippen LogP contribution in [0.1, 0.15) is 34.9 Å². The molecule has 5 N–H and O–H groups in total. The normalized spacial score (nSPS) is 11.3. The number of carbonyl (C=O) groups is 2. The first-order valence-corrected chi connectivity index (χ1v) is 9.86. The van der Waals surface area contributed by atoms with Gasteiger partial charge in [-0.2, -0.15) is 17.9 Å². The number of carbonyl (C=O) groups excluding carboxylic acids is 1. The Hall–Kier alpha value is -4.17. The van der Waals surface area contributed by atoms with Crippen LogP contribution < -0.4 is 16.4 Å². The SMILES string of the molecule is CC(=O)Nc1ccc(-c2nc(C(S)c3cccc(CNC(=O)O)n3)nc(N)c2C#N)cc1. The fourth-order valence-electron chi connectivity index (χ4n) is 2.90. The molecule has 2 heterocycles. The van der Waals surface area contributed by atoms with Crippen LogP contribution in [0.4, 0.5) is 16.3 Å². The van der Waals surface area contributed by atoms with Gasteiger partial charge in [-0.3, -0.25) is 9.78 Å². The molecule has 162 valence electrons. The van der Waals surface area contributed by atoms with E-state index >= 15 is 0 Å². The zero-order chi connectivity index (χ0) is 23.3. The van der Waals surface area contributed by atoms with Gasteiger partial charge in [0.2, 0.25) is 5.91 Å². The zero-order valence-corrected chi connectivity index (χ0v) is 17.8. The lowest BCUT2D eigenvalue weighted by Crippen LogP contribution is -2.21. The molecule has 0 aliphatic rings. The topological polar surface area (TPSA) is 167 Å². The number of rotatable bonds is 6. The Kier molecular flexibility index (Phi) is 6.87. The Morgan fingerprint density at radius 2 is 1.91 bits per heavy atom.